The Morgan fingerprint density at radius 2 is 1.88 bits per heavy atom. The van der Waals surface area contributed by atoms with Gasteiger partial charge in [0.05, 0.1) is 6.54 Å². The summed E-state index contributed by atoms with van der Waals surface area (Å²) >= 11 is 5.96. The number of halogens is 1. The van der Waals surface area contributed by atoms with Gasteiger partial charge in [-0.1, -0.05) is 41.9 Å². The molecule has 26 heavy (non-hydrogen) atoms. The minimum Gasteiger partial charge on any atom is -0.351 e. The van der Waals surface area contributed by atoms with Crippen LogP contribution >= 0.6 is 11.6 Å². The summed E-state index contributed by atoms with van der Waals surface area (Å²) < 4.78 is 0. The number of hydrogen-bond acceptors (Lipinski definition) is 2. The number of benzene rings is 2. The van der Waals surface area contributed by atoms with Crippen LogP contribution < -0.4 is 5.32 Å². The fourth-order valence-corrected chi connectivity index (χ4v) is 2.95. The van der Waals surface area contributed by atoms with Gasteiger partial charge in [-0.05, 0) is 36.8 Å². The summed E-state index contributed by atoms with van der Waals surface area (Å²) in [6.45, 7) is 2.98. The first-order chi connectivity index (χ1) is 12.6. The van der Waals surface area contributed by atoms with Crippen molar-refractivity contribution < 1.29 is 9.59 Å². The number of aromatic amines is 1. The van der Waals surface area contributed by atoms with Gasteiger partial charge in [0.25, 0.3) is 5.91 Å². The molecule has 2 aromatic carbocycles. The molecule has 2 N–H and O–H groups in total. The standard InChI is InChI=1S/C20H20ClN3O2/c1-2-24(13-14-6-4-3-5-7-14)19(25)12-22-20(26)18-11-15-10-16(21)8-9-17(15)23-18/h3-11,23H,2,12-13H2,1H3,(H,22,26). The molecular weight excluding hydrogens is 350 g/mol. The lowest BCUT2D eigenvalue weighted by atomic mass is 10.2. The Bertz CT molecular complexity index is 921. The Hall–Kier alpha value is -2.79. The zero-order chi connectivity index (χ0) is 18.5. The average molecular weight is 370 g/mol. The van der Waals surface area contributed by atoms with Gasteiger partial charge in [0.2, 0.25) is 5.91 Å². The molecule has 0 spiro atoms. The van der Waals surface area contributed by atoms with Crippen molar-refractivity contribution in [1.82, 2.24) is 15.2 Å². The third-order valence-electron chi connectivity index (χ3n) is 4.18. The maximum atomic E-state index is 12.4. The fourth-order valence-electron chi connectivity index (χ4n) is 2.77. The van der Waals surface area contributed by atoms with E-state index in [1.54, 1.807) is 23.1 Å². The van der Waals surface area contributed by atoms with Gasteiger partial charge in [0, 0.05) is 29.0 Å². The maximum absolute atomic E-state index is 12.4. The van der Waals surface area contributed by atoms with Gasteiger partial charge in [-0.3, -0.25) is 9.59 Å². The second kappa shape index (κ2) is 8.06. The van der Waals surface area contributed by atoms with Gasteiger partial charge in [0.15, 0.2) is 0 Å². The molecule has 0 unspecified atom stereocenters. The highest BCUT2D eigenvalue weighted by atomic mass is 35.5. The molecule has 0 aliphatic rings. The van der Waals surface area contributed by atoms with Gasteiger partial charge >= 0.3 is 0 Å². The van der Waals surface area contributed by atoms with E-state index in [-0.39, 0.29) is 18.4 Å². The highest BCUT2D eigenvalue weighted by Crippen LogP contribution is 2.20. The Labute approximate surface area is 157 Å². The van der Waals surface area contributed by atoms with E-state index in [4.69, 9.17) is 11.6 Å². The number of hydrogen-bond donors (Lipinski definition) is 2. The van der Waals surface area contributed by atoms with Crippen LogP contribution in [0.25, 0.3) is 10.9 Å². The summed E-state index contributed by atoms with van der Waals surface area (Å²) in [7, 11) is 0. The van der Waals surface area contributed by atoms with Crippen molar-refractivity contribution in [1.29, 1.82) is 0 Å². The molecule has 0 atom stereocenters. The second-order valence-corrected chi connectivity index (χ2v) is 6.43. The summed E-state index contributed by atoms with van der Waals surface area (Å²) in [5.74, 6) is -0.440. The summed E-state index contributed by atoms with van der Waals surface area (Å²) in [6, 6.07) is 16.9. The van der Waals surface area contributed by atoms with E-state index in [0.29, 0.717) is 23.8 Å². The molecule has 0 radical (unpaired) electrons. The van der Waals surface area contributed by atoms with Crippen LogP contribution in [-0.2, 0) is 11.3 Å². The molecule has 0 aliphatic carbocycles. The van der Waals surface area contributed by atoms with Gasteiger partial charge in [-0.2, -0.15) is 0 Å². The van der Waals surface area contributed by atoms with Crippen molar-refractivity contribution >= 4 is 34.3 Å². The average Bonchev–Trinajstić information content (AvgIpc) is 3.08. The van der Waals surface area contributed by atoms with Crippen molar-refractivity contribution in [2.45, 2.75) is 13.5 Å². The number of nitrogens with one attached hydrogen (secondary N) is 2. The van der Waals surface area contributed by atoms with E-state index in [2.05, 4.69) is 10.3 Å². The number of rotatable bonds is 6. The highest BCUT2D eigenvalue weighted by Gasteiger charge is 2.15. The van der Waals surface area contributed by atoms with E-state index in [1.807, 2.05) is 43.3 Å². The maximum Gasteiger partial charge on any atom is 0.268 e. The topological polar surface area (TPSA) is 65.2 Å². The molecule has 0 saturated carbocycles. The normalized spacial score (nSPS) is 10.7. The molecule has 134 valence electrons. The van der Waals surface area contributed by atoms with E-state index in [1.165, 1.54) is 0 Å². The molecule has 3 rings (SSSR count). The third-order valence-corrected chi connectivity index (χ3v) is 4.41. The monoisotopic (exact) mass is 369 g/mol. The summed E-state index contributed by atoms with van der Waals surface area (Å²) in [5.41, 5.74) is 2.29. The number of aromatic nitrogens is 1. The van der Waals surface area contributed by atoms with Gasteiger partial charge in [-0.25, -0.2) is 0 Å². The summed E-state index contributed by atoms with van der Waals surface area (Å²) in [6.07, 6.45) is 0. The Balaban J connectivity index is 1.60. The Morgan fingerprint density at radius 1 is 1.12 bits per heavy atom. The van der Waals surface area contributed by atoms with E-state index in [0.717, 1.165) is 16.5 Å². The van der Waals surface area contributed by atoms with Crippen LogP contribution in [0.1, 0.15) is 23.0 Å². The second-order valence-electron chi connectivity index (χ2n) is 5.99. The van der Waals surface area contributed by atoms with Crippen LogP contribution in [0, 0.1) is 0 Å². The molecule has 1 aromatic heterocycles. The summed E-state index contributed by atoms with van der Waals surface area (Å²) in [5, 5.41) is 4.14. The van der Waals surface area contributed by atoms with Gasteiger partial charge in [0.1, 0.15) is 5.69 Å². The number of carbonyl (C=O) groups is 2. The number of amides is 2. The van der Waals surface area contributed by atoms with Crippen molar-refractivity contribution in [2.75, 3.05) is 13.1 Å². The van der Waals surface area contributed by atoms with E-state index < -0.39 is 0 Å². The molecule has 3 aromatic rings. The fraction of sp³-hybridized carbons (Fsp3) is 0.200. The van der Waals surface area contributed by atoms with E-state index >= 15 is 0 Å². The van der Waals surface area contributed by atoms with Crippen LogP contribution in [0.3, 0.4) is 0 Å². The van der Waals surface area contributed by atoms with Crippen molar-refractivity contribution in [3.8, 4) is 0 Å². The molecule has 0 bridgehead atoms. The predicted molar refractivity (Wildman–Crippen MR) is 103 cm³/mol. The number of fused-ring (bicyclic) bond motifs is 1. The van der Waals surface area contributed by atoms with Crippen LogP contribution in [0.15, 0.2) is 54.6 Å². The van der Waals surface area contributed by atoms with Crippen LogP contribution in [0.4, 0.5) is 0 Å². The Kier molecular flexibility index (Phi) is 5.58. The molecule has 5 nitrogen and oxygen atoms in total. The lowest BCUT2D eigenvalue weighted by Crippen LogP contribution is -2.39. The van der Waals surface area contributed by atoms with Crippen molar-refractivity contribution in [3.05, 3.63) is 70.9 Å². The third kappa shape index (κ3) is 4.24. The molecule has 0 aliphatic heterocycles. The lowest BCUT2D eigenvalue weighted by molar-refractivity contribution is -0.130. The molecule has 6 heteroatoms. The van der Waals surface area contributed by atoms with Crippen molar-refractivity contribution in [3.63, 3.8) is 0 Å². The number of likely N-dealkylation sites (N-methyl/N-ethyl adjacent to an activating group) is 1. The molecule has 1 heterocycles. The first-order valence-corrected chi connectivity index (χ1v) is 8.83. The zero-order valence-corrected chi connectivity index (χ0v) is 15.2. The number of H-pyrrole nitrogens is 1. The lowest BCUT2D eigenvalue weighted by Gasteiger charge is -2.21. The predicted octanol–water partition coefficient (Wildman–Crippen LogP) is 3.60. The SMILES string of the molecule is CCN(Cc1ccccc1)C(=O)CNC(=O)c1cc2cc(Cl)ccc2[nH]1. The largest absolute Gasteiger partial charge is 0.351 e. The minimum absolute atomic E-state index is 0.0460. The van der Waals surface area contributed by atoms with Crippen LogP contribution in [-0.4, -0.2) is 34.8 Å². The van der Waals surface area contributed by atoms with Crippen molar-refractivity contribution in [2.24, 2.45) is 0 Å². The quantitative estimate of drug-likeness (QED) is 0.697. The zero-order valence-electron chi connectivity index (χ0n) is 14.5. The van der Waals surface area contributed by atoms with Gasteiger partial charge in [-0.15, -0.1) is 0 Å². The minimum atomic E-state index is -0.318. The first kappa shape index (κ1) is 18.0. The number of nitrogens with zero attached hydrogens (tertiary/aromatic N) is 1. The Morgan fingerprint density at radius 3 is 2.62 bits per heavy atom. The molecular formula is C20H20ClN3O2. The first-order valence-electron chi connectivity index (χ1n) is 8.45. The smallest absolute Gasteiger partial charge is 0.268 e. The highest BCUT2D eigenvalue weighted by molar-refractivity contribution is 6.31. The van der Waals surface area contributed by atoms with E-state index in [9.17, 15) is 9.59 Å². The van der Waals surface area contributed by atoms with Crippen LogP contribution in [0.2, 0.25) is 5.02 Å². The molecule has 0 fully saturated rings. The summed E-state index contributed by atoms with van der Waals surface area (Å²) in [4.78, 5) is 29.5. The van der Waals surface area contributed by atoms with Crippen LogP contribution in [0.5, 0.6) is 0 Å². The molecule has 0 saturated heterocycles. The number of carbonyl (C=O) groups excluding carboxylic acids is 2. The van der Waals surface area contributed by atoms with Gasteiger partial charge < -0.3 is 15.2 Å². The molecule has 2 amide bonds.